The highest BCUT2D eigenvalue weighted by Crippen LogP contribution is 2.35. The molecular formula is C28H18Cl4N8O2. The molecule has 10 nitrogen and oxygen atoms in total. The minimum Gasteiger partial charge on any atom is -0.323 e. The summed E-state index contributed by atoms with van der Waals surface area (Å²) in [5.41, 5.74) is 3.84. The number of halogens is 4. The summed E-state index contributed by atoms with van der Waals surface area (Å²) in [6, 6.07) is 16.9. The van der Waals surface area contributed by atoms with Crippen molar-refractivity contribution in [2.75, 3.05) is 15.6 Å². The van der Waals surface area contributed by atoms with Gasteiger partial charge in [-0.3, -0.25) is 9.59 Å². The van der Waals surface area contributed by atoms with E-state index in [0.717, 1.165) is 17.8 Å². The summed E-state index contributed by atoms with van der Waals surface area (Å²) in [5.74, 6) is -0.934. The Morgan fingerprint density at radius 3 is 1.98 bits per heavy atom. The number of carbonyl (C=O) groups excluding carboxylic acids is 2. The van der Waals surface area contributed by atoms with Gasteiger partial charge in [0.1, 0.15) is 17.6 Å². The number of rotatable bonds is 6. The van der Waals surface area contributed by atoms with Crippen molar-refractivity contribution in [1.29, 1.82) is 0 Å². The van der Waals surface area contributed by atoms with Crippen LogP contribution in [0.3, 0.4) is 0 Å². The third-order valence-corrected chi connectivity index (χ3v) is 7.91. The number of nitrogens with one attached hydrogen (secondary N) is 2. The van der Waals surface area contributed by atoms with Crippen LogP contribution in [-0.2, 0) is 9.59 Å². The van der Waals surface area contributed by atoms with Gasteiger partial charge in [0, 0.05) is 23.5 Å². The van der Waals surface area contributed by atoms with Crippen molar-refractivity contribution in [2.24, 2.45) is 10.3 Å². The molecule has 42 heavy (non-hydrogen) atoms. The quantitative estimate of drug-likeness (QED) is 0.219. The topological polar surface area (TPSA) is 117 Å². The van der Waals surface area contributed by atoms with E-state index in [-0.39, 0.29) is 12.1 Å². The molecule has 2 heterocycles. The van der Waals surface area contributed by atoms with Crippen LogP contribution in [0.1, 0.15) is 0 Å². The average molecular weight is 640 g/mol. The Labute approximate surface area is 258 Å². The molecule has 0 saturated carbocycles. The molecule has 2 amide bonds. The van der Waals surface area contributed by atoms with Gasteiger partial charge in [-0.05, 0) is 72.8 Å². The highest BCUT2D eigenvalue weighted by molar-refractivity contribution is 6.44. The minimum absolute atomic E-state index is 0.181. The normalized spacial score (nSPS) is 17.8. The van der Waals surface area contributed by atoms with Gasteiger partial charge >= 0.3 is 0 Å². The molecule has 2 atom stereocenters. The van der Waals surface area contributed by atoms with Crippen LogP contribution in [0, 0.1) is 0 Å². The number of anilines is 3. The molecule has 4 aromatic rings. The Bertz CT molecular complexity index is 1830. The van der Waals surface area contributed by atoms with Crippen LogP contribution in [0.2, 0.25) is 10.0 Å². The van der Waals surface area contributed by atoms with Crippen molar-refractivity contribution < 1.29 is 9.59 Å². The lowest BCUT2D eigenvalue weighted by atomic mass is 10.0. The van der Waals surface area contributed by atoms with Crippen molar-refractivity contribution in [3.63, 3.8) is 0 Å². The van der Waals surface area contributed by atoms with E-state index in [1.165, 1.54) is 0 Å². The number of benzene rings is 3. The molecule has 0 spiro atoms. The van der Waals surface area contributed by atoms with Gasteiger partial charge in [0.05, 0.1) is 37.0 Å². The first-order valence-electron chi connectivity index (χ1n) is 12.4. The second-order valence-corrected chi connectivity index (χ2v) is 10.9. The fourth-order valence-corrected chi connectivity index (χ4v) is 5.08. The van der Waals surface area contributed by atoms with E-state index in [2.05, 4.69) is 31.3 Å². The third kappa shape index (κ3) is 5.75. The molecule has 0 bridgehead atoms. The number of aromatic nitrogens is 3. The predicted molar refractivity (Wildman–Crippen MR) is 165 cm³/mol. The summed E-state index contributed by atoms with van der Waals surface area (Å²) in [6.07, 6.45) is 5.87. The third-order valence-electron chi connectivity index (χ3n) is 6.43. The number of amides is 2. The predicted octanol–water partition coefficient (Wildman–Crippen LogP) is 7.04. The summed E-state index contributed by atoms with van der Waals surface area (Å²) in [7, 11) is 0. The standard InChI is InChI=1S/C28H18Cl4N8O2/c29-19-11-23-25(13-21(19)31)39(37-35-23)17-5-1-15(2-6-17)33-27(41)9-10-28(42)34-16-3-7-18(8-4-16)40-26-14-22(32)20(30)12-24(26)36-38-40/h1-14,23,25H,(H,33,41)(H,34,42)/b10-9+. The Morgan fingerprint density at radius 2 is 1.33 bits per heavy atom. The molecular weight excluding hydrogens is 622 g/mol. The fourth-order valence-electron chi connectivity index (χ4n) is 4.38. The average Bonchev–Trinajstić information content (AvgIpc) is 3.57. The van der Waals surface area contributed by atoms with E-state index in [1.807, 2.05) is 0 Å². The number of fused-ring (bicyclic) bond motifs is 2. The molecule has 2 N–H and O–H groups in total. The van der Waals surface area contributed by atoms with Crippen LogP contribution in [0.4, 0.5) is 17.1 Å². The number of carbonyl (C=O) groups is 2. The Morgan fingerprint density at radius 1 is 0.762 bits per heavy atom. The Hall–Kier alpha value is -4.22. The molecule has 0 radical (unpaired) electrons. The maximum absolute atomic E-state index is 12.4. The summed E-state index contributed by atoms with van der Waals surface area (Å²) >= 11 is 24.5. The highest BCUT2D eigenvalue weighted by Gasteiger charge is 2.34. The molecule has 1 aliphatic heterocycles. The van der Waals surface area contributed by atoms with Crippen molar-refractivity contribution in [3.05, 3.63) is 105 Å². The van der Waals surface area contributed by atoms with Gasteiger partial charge in [-0.1, -0.05) is 56.8 Å². The second-order valence-electron chi connectivity index (χ2n) is 9.22. The molecule has 210 valence electrons. The largest absolute Gasteiger partial charge is 0.323 e. The zero-order chi connectivity index (χ0) is 29.4. The number of nitrogens with zero attached hydrogens (tertiary/aromatic N) is 6. The van der Waals surface area contributed by atoms with E-state index in [9.17, 15) is 9.59 Å². The molecule has 6 rings (SSSR count). The lowest BCUT2D eigenvalue weighted by Crippen LogP contribution is -2.33. The van der Waals surface area contributed by atoms with Crippen molar-refractivity contribution in [3.8, 4) is 5.69 Å². The van der Waals surface area contributed by atoms with Crippen LogP contribution in [-0.4, -0.2) is 38.9 Å². The van der Waals surface area contributed by atoms with Crippen LogP contribution in [0.25, 0.3) is 16.7 Å². The number of hydrogen-bond acceptors (Lipinski definition) is 7. The van der Waals surface area contributed by atoms with Gasteiger partial charge < -0.3 is 10.6 Å². The molecule has 1 aromatic heterocycles. The SMILES string of the molecule is O=C(/C=C/C(=O)Nc1ccc(-n2nnc3cc(Cl)c(Cl)cc32)cc1)Nc1ccc(N2N=NC3C=C(Cl)C(Cl)=CC32)cc1. The van der Waals surface area contributed by atoms with E-state index in [1.54, 1.807) is 82.5 Å². The van der Waals surface area contributed by atoms with Gasteiger partial charge in [0.2, 0.25) is 11.8 Å². The molecule has 14 heteroatoms. The lowest BCUT2D eigenvalue weighted by Gasteiger charge is -2.24. The van der Waals surface area contributed by atoms with E-state index in [4.69, 9.17) is 46.4 Å². The van der Waals surface area contributed by atoms with Gasteiger partial charge in [-0.15, -0.1) is 5.10 Å². The molecule has 0 saturated heterocycles. The van der Waals surface area contributed by atoms with Crippen LogP contribution < -0.4 is 15.6 Å². The van der Waals surface area contributed by atoms with Gasteiger partial charge in [-0.25, -0.2) is 9.69 Å². The van der Waals surface area contributed by atoms with Crippen molar-refractivity contribution in [2.45, 2.75) is 12.1 Å². The van der Waals surface area contributed by atoms with Gasteiger partial charge in [0.25, 0.3) is 0 Å². The van der Waals surface area contributed by atoms with Gasteiger partial charge in [-0.2, -0.15) is 5.11 Å². The van der Waals surface area contributed by atoms with E-state index < -0.39 is 11.8 Å². The number of hydrogen-bond donors (Lipinski definition) is 2. The lowest BCUT2D eigenvalue weighted by molar-refractivity contribution is -0.114. The monoisotopic (exact) mass is 638 g/mol. The maximum Gasteiger partial charge on any atom is 0.248 e. The smallest absolute Gasteiger partial charge is 0.248 e. The molecule has 1 aliphatic carbocycles. The zero-order valence-electron chi connectivity index (χ0n) is 21.2. The first-order chi connectivity index (χ1) is 20.2. The number of allylic oxidation sites excluding steroid dienone is 2. The summed E-state index contributed by atoms with van der Waals surface area (Å²) < 4.78 is 1.61. The molecule has 2 aliphatic rings. The van der Waals surface area contributed by atoms with Crippen molar-refractivity contribution >= 4 is 86.3 Å². The Kier molecular flexibility index (Phi) is 7.70. The first kappa shape index (κ1) is 27.9. The Balaban J connectivity index is 1.03. The summed E-state index contributed by atoms with van der Waals surface area (Å²) in [4.78, 5) is 24.8. The van der Waals surface area contributed by atoms with E-state index >= 15 is 0 Å². The summed E-state index contributed by atoms with van der Waals surface area (Å²) in [5, 5.41) is 25.6. The summed E-state index contributed by atoms with van der Waals surface area (Å²) in [6.45, 7) is 0. The first-order valence-corrected chi connectivity index (χ1v) is 13.9. The minimum atomic E-state index is -0.469. The molecule has 0 fully saturated rings. The fraction of sp³-hybridized carbons (Fsp3) is 0.0714. The van der Waals surface area contributed by atoms with Gasteiger partial charge in [0.15, 0.2) is 0 Å². The van der Waals surface area contributed by atoms with Crippen LogP contribution >= 0.6 is 46.4 Å². The maximum atomic E-state index is 12.4. The van der Waals surface area contributed by atoms with E-state index in [0.29, 0.717) is 48.2 Å². The highest BCUT2D eigenvalue weighted by atomic mass is 35.5. The van der Waals surface area contributed by atoms with Crippen LogP contribution in [0.15, 0.2) is 105 Å². The van der Waals surface area contributed by atoms with Crippen molar-refractivity contribution in [1.82, 2.24) is 15.0 Å². The zero-order valence-corrected chi connectivity index (χ0v) is 24.3. The van der Waals surface area contributed by atoms with Crippen LogP contribution in [0.5, 0.6) is 0 Å². The second kappa shape index (κ2) is 11.6. The molecule has 2 unspecified atom stereocenters. The molecule has 3 aromatic carbocycles.